The van der Waals surface area contributed by atoms with Crippen LogP contribution in [0.3, 0.4) is 0 Å². The lowest BCUT2D eigenvalue weighted by Gasteiger charge is -2.26. The van der Waals surface area contributed by atoms with Gasteiger partial charge < -0.3 is 15.7 Å². The Morgan fingerprint density at radius 2 is 1.79 bits per heavy atom. The van der Waals surface area contributed by atoms with Gasteiger partial charge in [0, 0.05) is 13.1 Å². The van der Waals surface area contributed by atoms with Gasteiger partial charge >= 0.3 is 0 Å². The molecule has 0 amide bonds. The zero-order valence-electron chi connectivity index (χ0n) is 12.8. The molecule has 1 fully saturated rings. The Bertz CT molecular complexity index is 269. The Hall–Kier alpha value is -0.770. The minimum atomic E-state index is -0.633. The van der Waals surface area contributed by atoms with Gasteiger partial charge in [-0.25, -0.2) is 0 Å². The van der Waals surface area contributed by atoms with Crippen LogP contribution in [0.1, 0.15) is 59.3 Å². The summed E-state index contributed by atoms with van der Waals surface area (Å²) < 4.78 is 0. The number of hydrogen-bond donors (Lipinski definition) is 3. The SMILES string of the molecule is CCCC(O)(CCC)CN=C(NCC)NCC1CC1. The van der Waals surface area contributed by atoms with Gasteiger partial charge in [-0.05, 0) is 38.5 Å². The summed E-state index contributed by atoms with van der Waals surface area (Å²) >= 11 is 0. The molecule has 1 aliphatic carbocycles. The number of hydrogen-bond acceptors (Lipinski definition) is 2. The minimum absolute atomic E-state index is 0.495. The number of nitrogens with one attached hydrogen (secondary N) is 2. The van der Waals surface area contributed by atoms with Crippen LogP contribution in [0.15, 0.2) is 4.99 Å². The zero-order chi connectivity index (χ0) is 14.1. The van der Waals surface area contributed by atoms with E-state index in [1.54, 1.807) is 0 Å². The normalized spacial score (nSPS) is 16.5. The highest BCUT2D eigenvalue weighted by molar-refractivity contribution is 5.79. The summed E-state index contributed by atoms with van der Waals surface area (Å²) in [5.74, 6) is 1.68. The Morgan fingerprint density at radius 1 is 1.16 bits per heavy atom. The highest BCUT2D eigenvalue weighted by Crippen LogP contribution is 2.27. The fourth-order valence-electron chi connectivity index (χ4n) is 2.34. The predicted molar refractivity (Wildman–Crippen MR) is 81.5 cm³/mol. The van der Waals surface area contributed by atoms with Crippen LogP contribution in [-0.2, 0) is 0 Å². The topological polar surface area (TPSA) is 56.7 Å². The quantitative estimate of drug-likeness (QED) is 0.444. The van der Waals surface area contributed by atoms with E-state index in [0.29, 0.717) is 6.54 Å². The average molecular weight is 269 g/mol. The van der Waals surface area contributed by atoms with Crippen molar-refractivity contribution >= 4 is 5.96 Å². The second-order valence-electron chi connectivity index (χ2n) is 5.74. The Balaban J connectivity index is 2.48. The first-order chi connectivity index (χ1) is 9.13. The lowest BCUT2D eigenvalue weighted by molar-refractivity contribution is 0.0306. The lowest BCUT2D eigenvalue weighted by atomic mass is 9.93. The van der Waals surface area contributed by atoms with E-state index in [1.807, 2.05) is 0 Å². The molecule has 112 valence electrons. The first-order valence-corrected chi connectivity index (χ1v) is 7.88. The molecule has 0 aliphatic heterocycles. The van der Waals surface area contributed by atoms with E-state index < -0.39 is 5.60 Å². The summed E-state index contributed by atoms with van der Waals surface area (Å²) in [6.07, 6.45) is 6.32. The standard InChI is InChI=1S/C15H31N3O/c1-4-9-15(19,10-5-2)12-18-14(16-6-3)17-11-13-7-8-13/h13,19H,4-12H2,1-3H3,(H2,16,17,18). The molecule has 0 saturated heterocycles. The molecule has 1 aliphatic rings. The molecular formula is C15H31N3O. The summed E-state index contributed by atoms with van der Waals surface area (Å²) in [4.78, 5) is 4.57. The van der Waals surface area contributed by atoms with Gasteiger partial charge in [-0.3, -0.25) is 4.99 Å². The molecule has 0 aromatic heterocycles. The first kappa shape index (κ1) is 16.3. The van der Waals surface area contributed by atoms with Gasteiger partial charge in [0.05, 0.1) is 12.1 Å². The van der Waals surface area contributed by atoms with Crippen LogP contribution in [0.25, 0.3) is 0 Å². The molecule has 19 heavy (non-hydrogen) atoms. The molecule has 0 aromatic carbocycles. The zero-order valence-corrected chi connectivity index (χ0v) is 12.8. The third-order valence-corrected chi connectivity index (χ3v) is 3.56. The van der Waals surface area contributed by atoms with Gasteiger partial charge in [0.15, 0.2) is 5.96 Å². The maximum atomic E-state index is 10.6. The molecule has 4 heteroatoms. The molecule has 0 atom stereocenters. The number of guanidine groups is 1. The van der Waals surface area contributed by atoms with Crippen molar-refractivity contribution in [2.45, 2.75) is 64.9 Å². The Labute approximate surface area is 118 Å². The molecule has 0 heterocycles. The van der Waals surface area contributed by atoms with E-state index in [1.165, 1.54) is 12.8 Å². The van der Waals surface area contributed by atoms with Gasteiger partial charge in [-0.2, -0.15) is 0 Å². The van der Waals surface area contributed by atoms with Crippen molar-refractivity contribution in [1.29, 1.82) is 0 Å². The second-order valence-corrected chi connectivity index (χ2v) is 5.74. The van der Waals surface area contributed by atoms with Gasteiger partial charge in [0.1, 0.15) is 0 Å². The van der Waals surface area contributed by atoms with Crippen molar-refractivity contribution in [2.75, 3.05) is 19.6 Å². The third kappa shape index (κ3) is 6.81. The van der Waals surface area contributed by atoms with E-state index in [9.17, 15) is 5.11 Å². The monoisotopic (exact) mass is 269 g/mol. The number of nitrogens with zero attached hydrogens (tertiary/aromatic N) is 1. The van der Waals surface area contributed by atoms with Crippen LogP contribution >= 0.6 is 0 Å². The highest BCUT2D eigenvalue weighted by atomic mass is 16.3. The van der Waals surface area contributed by atoms with Crippen molar-refractivity contribution in [1.82, 2.24) is 10.6 Å². The second kappa shape index (κ2) is 8.41. The molecule has 4 nitrogen and oxygen atoms in total. The summed E-state index contributed by atoms with van der Waals surface area (Å²) in [7, 11) is 0. The lowest BCUT2D eigenvalue weighted by Crippen LogP contribution is -2.40. The van der Waals surface area contributed by atoms with E-state index in [2.05, 4.69) is 36.4 Å². The van der Waals surface area contributed by atoms with Gasteiger partial charge in [-0.15, -0.1) is 0 Å². The maximum Gasteiger partial charge on any atom is 0.191 e. The molecule has 0 radical (unpaired) electrons. The summed E-state index contributed by atoms with van der Waals surface area (Å²) in [6, 6.07) is 0. The van der Waals surface area contributed by atoms with Crippen molar-refractivity contribution in [3.8, 4) is 0 Å². The molecule has 0 bridgehead atoms. The van der Waals surface area contributed by atoms with Crippen molar-refractivity contribution in [2.24, 2.45) is 10.9 Å². The smallest absolute Gasteiger partial charge is 0.191 e. The molecular weight excluding hydrogens is 238 g/mol. The average Bonchev–Trinajstić information content (AvgIpc) is 3.17. The Morgan fingerprint density at radius 3 is 2.26 bits per heavy atom. The van der Waals surface area contributed by atoms with Gasteiger partial charge in [0.25, 0.3) is 0 Å². The van der Waals surface area contributed by atoms with E-state index in [-0.39, 0.29) is 0 Å². The van der Waals surface area contributed by atoms with Gasteiger partial charge in [0.2, 0.25) is 0 Å². The van der Waals surface area contributed by atoms with Crippen LogP contribution in [0.4, 0.5) is 0 Å². The molecule has 0 aromatic rings. The van der Waals surface area contributed by atoms with Crippen LogP contribution in [-0.4, -0.2) is 36.3 Å². The largest absolute Gasteiger partial charge is 0.388 e. The van der Waals surface area contributed by atoms with Crippen LogP contribution in [0, 0.1) is 5.92 Å². The number of aliphatic hydroxyl groups is 1. The molecule has 0 spiro atoms. The number of aliphatic imine (C=N–C) groups is 1. The summed E-state index contributed by atoms with van der Waals surface area (Å²) in [5.41, 5.74) is -0.633. The van der Waals surface area contributed by atoms with Crippen molar-refractivity contribution < 1.29 is 5.11 Å². The molecule has 3 N–H and O–H groups in total. The maximum absolute atomic E-state index is 10.6. The minimum Gasteiger partial charge on any atom is -0.388 e. The fourth-order valence-corrected chi connectivity index (χ4v) is 2.34. The summed E-state index contributed by atoms with van der Waals surface area (Å²) in [5, 5.41) is 17.2. The molecule has 1 saturated carbocycles. The Kier molecular flexibility index (Phi) is 7.21. The van der Waals surface area contributed by atoms with Crippen LogP contribution < -0.4 is 10.6 Å². The predicted octanol–water partition coefficient (Wildman–Crippen LogP) is 2.28. The van der Waals surface area contributed by atoms with Gasteiger partial charge in [-0.1, -0.05) is 26.7 Å². The van der Waals surface area contributed by atoms with Crippen LogP contribution in [0.5, 0.6) is 0 Å². The highest BCUT2D eigenvalue weighted by Gasteiger charge is 2.25. The molecule has 0 unspecified atom stereocenters. The van der Waals surface area contributed by atoms with E-state index in [4.69, 9.17) is 0 Å². The number of rotatable bonds is 9. The van der Waals surface area contributed by atoms with E-state index in [0.717, 1.165) is 50.7 Å². The fraction of sp³-hybridized carbons (Fsp3) is 0.933. The van der Waals surface area contributed by atoms with E-state index >= 15 is 0 Å². The van der Waals surface area contributed by atoms with Crippen molar-refractivity contribution in [3.63, 3.8) is 0 Å². The van der Waals surface area contributed by atoms with Crippen LogP contribution in [0.2, 0.25) is 0 Å². The van der Waals surface area contributed by atoms with Crippen molar-refractivity contribution in [3.05, 3.63) is 0 Å². The first-order valence-electron chi connectivity index (χ1n) is 7.88. The molecule has 1 rings (SSSR count). The summed E-state index contributed by atoms with van der Waals surface area (Å²) in [6.45, 7) is 8.65. The third-order valence-electron chi connectivity index (χ3n) is 3.56.